The standard InChI is InChI=1S/C12H13F3N2O/c1-16-7-3-4-8-9(12(13,14)15)6-11(18)17(2)10(8)5-7/h3-4,6-7,16H,5H2,1-2H3. The fraction of sp³-hybridized carbons (Fsp3) is 0.417. The second-order valence-electron chi connectivity index (χ2n) is 4.27. The van der Waals surface area contributed by atoms with Gasteiger partial charge in [-0.15, -0.1) is 0 Å². The van der Waals surface area contributed by atoms with Crippen LogP contribution in [-0.4, -0.2) is 17.7 Å². The molecule has 0 bridgehead atoms. The van der Waals surface area contributed by atoms with Gasteiger partial charge in [0.1, 0.15) is 0 Å². The third kappa shape index (κ3) is 2.08. The molecule has 1 aliphatic carbocycles. The molecule has 0 aromatic carbocycles. The van der Waals surface area contributed by atoms with Gasteiger partial charge in [-0.25, -0.2) is 0 Å². The molecule has 1 heterocycles. The number of rotatable bonds is 1. The largest absolute Gasteiger partial charge is 0.417 e. The number of hydrogen-bond acceptors (Lipinski definition) is 2. The van der Waals surface area contributed by atoms with E-state index in [9.17, 15) is 18.0 Å². The summed E-state index contributed by atoms with van der Waals surface area (Å²) in [6.45, 7) is 0. The van der Waals surface area contributed by atoms with Crippen LogP contribution in [0.3, 0.4) is 0 Å². The quantitative estimate of drug-likeness (QED) is 0.829. The predicted molar refractivity (Wildman–Crippen MR) is 62.3 cm³/mol. The summed E-state index contributed by atoms with van der Waals surface area (Å²) in [5.74, 6) is 0. The Labute approximate surface area is 102 Å². The topological polar surface area (TPSA) is 34.0 Å². The molecule has 0 saturated carbocycles. The maximum Gasteiger partial charge on any atom is 0.417 e. The van der Waals surface area contributed by atoms with E-state index in [0.717, 1.165) is 0 Å². The van der Waals surface area contributed by atoms with Crippen molar-refractivity contribution in [3.63, 3.8) is 0 Å². The van der Waals surface area contributed by atoms with E-state index in [1.165, 1.54) is 17.7 Å². The number of nitrogens with zero attached hydrogens (tertiary/aromatic N) is 1. The van der Waals surface area contributed by atoms with Gasteiger partial charge in [0.2, 0.25) is 0 Å². The lowest BCUT2D eigenvalue weighted by molar-refractivity contribution is -0.138. The molecule has 0 radical (unpaired) electrons. The molecule has 0 saturated heterocycles. The Kier molecular flexibility index (Phi) is 3.06. The Morgan fingerprint density at radius 1 is 1.44 bits per heavy atom. The first kappa shape index (κ1) is 12.9. The molecule has 18 heavy (non-hydrogen) atoms. The van der Waals surface area contributed by atoms with Crippen LogP contribution in [0.25, 0.3) is 6.08 Å². The SMILES string of the molecule is CNC1C=Cc2c(C(F)(F)F)cc(=O)n(C)c2C1. The number of alkyl halides is 3. The third-order valence-corrected chi connectivity index (χ3v) is 3.19. The number of likely N-dealkylation sites (N-methyl/N-ethyl adjacent to an activating group) is 1. The monoisotopic (exact) mass is 258 g/mol. The first-order valence-corrected chi connectivity index (χ1v) is 5.50. The van der Waals surface area contributed by atoms with Crippen LogP contribution in [0.4, 0.5) is 13.2 Å². The summed E-state index contributed by atoms with van der Waals surface area (Å²) in [6, 6.07) is 0.606. The van der Waals surface area contributed by atoms with E-state index >= 15 is 0 Å². The van der Waals surface area contributed by atoms with Gasteiger partial charge >= 0.3 is 6.18 Å². The van der Waals surface area contributed by atoms with Crippen LogP contribution < -0.4 is 10.9 Å². The molecule has 0 fully saturated rings. The molecule has 1 aliphatic rings. The lowest BCUT2D eigenvalue weighted by Gasteiger charge is -2.24. The van der Waals surface area contributed by atoms with Crippen molar-refractivity contribution in [3.8, 4) is 0 Å². The molecular weight excluding hydrogens is 245 g/mol. The molecule has 0 aliphatic heterocycles. The molecule has 1 unspecified atom stereocenters. The van der Waals surface area contributed by atoms with E-state index in [-0.39, 0.29) is 11.6 Å². The van der Waals surface area contributed by atoms with Crippen molar-refractivity contribution >= 4 is 6.08 Å². The Balaban J connectivity index is 2.68. The van der Waals surface area contributed by atoms with Crippen molar-refractivity contribution in [3.05, 3.63) is 39.3 Å². The van der Waals surface area contributed by atoms with Crippen LogP contribution in [0, 0.1) is 0 Å². The maximum absolute atomic E-state index is 12.9. The van der Waals surface area contributed by atoms with Gasteiger partial charge in [-0.2, -0.15) is 13.2 Å². The van der Waals surface area contributed by atoms with Crippen molar-refractivity contribution in [2.24, 2.45) is 7.05 Å². The van der Waals surface area contributed by atoms with Crippen LogP contribution in [0.2, 0.25) is 0 Å². The fourth-order valence-electron chi connectivity index (χ4n) is 2.12. The molecule has 0 amide bonds. The highest BCUT2D eigenvalue weighted by Crippen LogP contribution is 2.34. The zero-order chi connectivity index (χ0) is 13.5. The highest BCUT2D eigenvalue weighted by Gasteiger charge is 2.36. The summed E-state index contributed by atoms with van der Waals surface area (Å²) >= 11 is 0. The van der Waals surface area contributed by atoms with Gasteiger partial charge in [0.15, 0.2) is 0 Å². The van der Waals surface area contributed by atoms with E-state index < -0.39 is 17.3 Å². The minimum Gasteiger partial charge on any atom is -0.315 e. The summed E-state index contributed by atoms with van der Waals surface area (Å²) in [7, 11) is 3.22. The number of nitrogens with one attached hydrogen (secondary N) is 1. The Morgan fingerprint density at radius 2 is 2.11 bits per heavy atom. The van der Waals surface area contributed by atoms with Crippen LogP contribution in [-0.2, 0) is 19.6 Å². The zero-order valence-electron chi connectivity index (χ0n) is 10.0. The van der Waals surface area contributed by atoms with Crippen molar-refractivity contribution in [2.45, 2.75) is 18.6 Å². The van der Waals surface area contributed by atoms with Crippen molar-refractivity contribution in [1.82, 2.24) is 9.88 Å². The van der Waals surface area contributed by atoms with Crippen LogP contribution in [0.15, 0.2) is 16.9 Å². The normalized spacial score (nSPS) is 18.8. The van der Waals surface area contributed by atoms with Gasteiger partial charge in [-0.1, -0.05) is 12.2 Å². The molecule has 1 N–H and O–H groups in total. The van der Waals surface area contributed by atoms with E-state index in [1.54, 1.807) is 13.1 Å². The molecule has 1 aromatic rings. The molecule has 0 spiro atoms. The lowest BCUT2D eigenvalue weighted by atomic mass is 9.94. The summed E-state index contributed by atoms with van der Waals surface area (Å²) in [5, 5.41) is 2.97. The van der Waals surface area contributed by atoms with Crippen LogP contribution in [0.1, 0.15) is 16.8 Å². The fourth-order valence-corrected chi connectivity index (χ4v) is 2.12. The minimum atomic E-state index is -4.51. The van der Waals surface area contributed by atoms with Crippen molar-refractivity contribution in [1.29, 1.82) is 0 Å². The molecule has 2 rings (SSSR count). The van der Waals surface area contributed by atoms with Gasteiger partial charge in [0.25, 0.3) is 5.56 Å². The van der Waals surface area contributed by atoms with Crippen molar-refractivity contribution < 1.29 is 13.2 Å². The molecule has 3 nitrogen and oxygen atoms in total. The summed E-state index contributed by atoms with van der Waals surface area (Å²) in [6.07, 6.45) is -1.02. The van der Waals surface area contributed by atoms with Crippen molar-refractivity contribution in [2.75, 3.05) is 7.05 Å². The van der Waals surface area contributed by atoms with Gasteiger partial charge in [-0.3, -0.25) is 4.79 Å². The van der Waals surface area contributed by atoms with E-state index in [1.807, 2.05) is 0 Å². The van der Waals surface area contributed by atoms with Crippen LogP contribution >= 0.6 is 0 Å². The van der Waals surface area contributed by atoms with Gasteiger partial charge in [0.05, 0.1) is 5.56 Å². The van der Waals surface area contributed by atoms with E-state index in [4.69, 9.17) is 0 Å². The zero-order valence-corrected chi connectivity index (χ0v) is 10.0. The van der Waals surface area contributed by atoms with E-state index in [0.29, 0.717) is 18.2 Å². The molecule has 6 heteroatoms. The maximum atomic E-state index is 12.9. The lowest BCUT2D eigenvalue weighted by Crippen LogP contribution is -2.33. The number of pyridine rings is 1. The Morgan fingerprint density at radius 3 is 2.67 bits per heavy atom. The summed E-state index contributed by atoms with van der Waals surface area (Å²) in [4.78, 5) is 11.6. The Bertz CT molecular complexity index is 558. The average molecular weight is 258 g/mol. The first-order chi connectivity index (χ1) is 8.34. The molecular formula is C12H13F3N2O. The number of hydrogen-bond donors (Lipinski definition) is 1. The first-order valence-electron chi connectivity index (χ1n) is 5.50. The van der Waals surface area contributed by atoms with Gasteiger partial charge < -0.3 is 9.88 Å². The molecule has 1 aromatic heterocycles. The van der Waals surface area contributed by atoms with Crippen LogP contribution in [0.5, 0.6) is 0 Å². The second-order valence-corrected chi connectivity index (χ2v) is 4.27. The minimum absolute atomic E-state index is 0.0495. The smallest absolute Gasteiger partial charge is 0.315 e. The average Bonchev–Trinajstić information content (AvgIpc) is 2.31. The highest BCUT2D eigenvalue weighted by atomic mass is 19.4. The summed E-state index contributed by atoms with van der Waals surface area (Å²) < 4.78 is 39.9. The predicted octanol–water partition coefficient (Wildman–Crippen LogP) is 1.56. The number of aromatic nitrogens is 1. The summed E-state index contributed by atoms with van der Waals surface area (Å²) in [5.41, 5.74) is -0.981. The molecule has 98 valence electrons. The third-order valence-electron chi connectivity index (χ3n) is 3.19. The number of fused-ring (bicyclic) bond motifs is 1. The highest BCUT2D eigenvalue weighted by molar-refractivity contribution is 5.60. The molecule has 1 atom stereocenters. The van der Waals surface area contributed by atoms with E-state index in [2.05, 4.69) is 5.32 Å². The second kappa shape index (κ2) is 4.28. The van der Waals surface area contributed by atoms with Gasteiger partial charge in [0, 0.05) is 36.8 Å². The van der Waals surface area contributed by atoms with Gasteiger partial charge in [-0.05, 0) is 7.05 Å². The number of halogens is 3. The Hall–Kier alpha value is -1.56.